The van der Waals surface area contributed by atoms with Crippen molar-refractivity contribution in [2.24, 2.45) is 17.8 Å². The van der Waals surface area contributed by atoms with E-state index in [-0.39, 0.29) is 17.3 Å². The Kier molecular flexibility index (Phi) is 2.49. The van der Waals surface area contributed by atoms with E-state index in [9.17, 15) is 13.6 Å². The van der Waals surface area contributed by atoms with Gasteiger partial charge in [0.1, 0.15) is 11.6 Å². The van der Waals surface area contributed by atoms with Crippen LogP contribution >= 0.6 is 0 Å². The van der Waals surface area contributed by atoms with Gasteiger partial charge in [-0.15, -0.1) is 0 Å². The van der Waals surface area contributed by atoms with Gasteiger partial charge in [0, 0.05) is 12.0 Å². The molecule has 2 fully saturated rings. The second kappa shape index (κ2) is 3.90. The number of ketones is 1. The van der Waals surface area contributed by atoms with Crippen LogP contribution in [0.1, 0.15) is 36.0 Å². The van der Waals surface area contributed by atoms with Gasteiger partial charge < -0.3 is 0 Å². The van der Waals surface area contributed by atoms with Crippen LogP contribution in [-0.2, 0) is 0 Å². The van der Waals surface area contributed by atoms with Crippen molar-refractivity contribution in [1.29, 1.82) is 0 Å². The molecule has 1 aromatic rings. The lowest BCUT2D eigenvalue weighted by molar-refractivity contribution is 0.0870. The molecule has 3 atom stereocenters. The number of carbonyl (C=O) groups excluding carboxylic acids is 1. The Labute approximate surface area is 98.8 Å². The van der Waals surface area contributed by atoms with E-state index in [0.29, 0.717) is 11.8 Å². The average molecular weight is 236 g/mol. The fourth-order valence-electron chi connectivity index (χ4n) is 3.45. The Morgan fingerprint density at radius 2 is 2.00 bits per heavy atom. The first-order valence-electron chi connectivity index (χ1n) is 6.14. The molecule has 1 nitrogen and oxygen atoms in total. The first kappa shape index (κ1) is 10.9. The predicted molar refractivity (Wildman–Crippen MR) is 59.6 cm³/mol. The van der Waals surface area contributed by atoms with Crippen LogP contribution in [0.25, 0.3) is 0 Å². The molecule has 0 saturated heterocycles. The Hall–Kier alpha value is -1.25. The average Bonchev–Trinajstić information content (AvgIpc) is 2.89. The van der Waals surface area contributed by atoms with E-state index in [4.69, 9.17) is 0 Å². The highest BCUT2D eigenvalue weighted by molar-refractivity contribution is 5.98. The van der Waals surface area contributed by atoms with E-state index in [2.05, 4.69) is 0 Å². The summed E-state index contributed by atoms with van der Waals surface area (Å²) in [6, 6.07) is 3.23. The summed E-state index contributed by atoms with van der Waals surface area (Å²) in [6.45, 7) is 0. The maximum atomic E-state index is 13.5. The van der Waals surface area contributed by atoms with Crippen molar-refractivity contribution in [3.05, 3.63) is 35.4 Å². The summed E-state index contributed by atoms with van der Waals surface area (Å²) in [4.78, 5) is 12.2. The Bertz CT molecular complexity index is 469. The summed E-state index contributed by atoms with van der Waals surface area (Å²) in [5.41, 5.74) is 0.0592. The lowest BCUT2D eigenvalue weighted by Gasteiger charge is -2.20. The van der Waals surface area contributed by atoms with E-state index < -0.39 is 11.6 Å². The standard InChI is InChI=1S/C14H14F2O/c15-10-3-4-11(13(16)7-10)14(17)12-6-8-1-2-9(12)5-8/h3-4,7-9,12H,1-2,5-6H2. The van der Waals surface area contributed by atoms with Crippen molar-refractivity contribution in [2.45, 2.75) is 25.7 Å². The van der Waals surface area contributed by atoms with E-state index in [1.807, 2.05) is 0 Å². The lowest BCUT2D eigenvalue weighted by atomic mass is 9.83. The van der Waals surface area contributed by atoms with Crippen LogP contribution in [0.3, 0.4) is 0 Å². The third-order valence-electron chi connectivity index (χ3n) is 4.27. The smallest absolute Gasteiger partial charge is 0.169 e. The van der Waals surface area contributed by atoms with E-state index >= 15 is 0 Å². The second-order valence-corrected chi connectivity index (χ2v) is 5.27. The number of fused-ring (bicyclic) bond motifs is 2. The molecule has 0 radical (unpaired) electrons. The van der Waals surface area contributed by atoms with Crippen LogP contribution in [0, 0.1) is 29.4 Å². The molecule has 0 N–H and O–H groups in total. The molecule has 3 rings (SSSR count). The van der Waals surface area contributed by atoms with Crippen molar-refractivity contribution >= 4 is 5.78 Å². The molecule has 2 aliphatic carbocycles. The summed E-state index contributed by atoms with van der Waals surface area (Å²) < 4.78 is 26.3. The molecule has 0 aliphatic heterocycles. The topological polar surface area (TPSA) is 17.1 Å². The highest BCUT2D eigenvalue weighted by Gasteiger charge is 2.43. The van der Waals surface area contributed by atoms with Gasteiger partial charge in [0.25, 0.3) is 0 Å². The first-order chi connectivity index (χ1) is 8.15. The van der Waals surface area contributed by atoms with Gasteiger partial charge in [-0.2, -0.15) is 0 Å². The Balaban J connectivity index is 1.87. The molecule has 17 heavy (non-hydrogen) atoms. The molecule has 2 aliphatic rings. The van der Waals surface area contributed by atoms with Crippen LogP contribution in [0.15, 0.2) is 18.2 Å². The molecular weight excluding hydrogens is 222 g/mol. The van der Waals surface area contributed by atoms with Crippen molar-refractivity contribution in [1.82, 2.24) is 0 Å². The quantitative estimate of drug-likeness (QED) is 0.717. The molecule has 0 spiro atoms. The monoisotopic (exact) mass is 236 g/mol. The molecule has 3 unspecified atom stereocenters. The first-order valence-corrected chi connectivity index (χ1v) is 6.14. The molecule has 0 amide bonds. The predicted octanol–water partition coefficient (Wildman–Crippen LogP) is 3.58. The summed E-state index contributed by atoms with van der Waals surface area (Å²) in [7, 11) is 0. The summed E-state index contributed by atoms with van der Waals surface area (Å²) in [6.07, 6.45) is 4.30. The number of benzene rings is 1. The van der Waals surface area contributed by atoms with Crippen molar-refractivity contribution in [3.8, 4) is 0 Å². The van der Waals surface area contributed by atoms with E-state index in [1.54, 1.807) is 0 Å². The van der Waals surface area contributed by atoms with Gasteiger partial charge in [-0.25, -0.2) is 8.78 Å². The minimum Gasteiger partial charge on any atom is -0.294 e. The van der Waals surface area contributed by atoms with Crippen LogP contribution in [0.5, 0.6) is 0 Å². The van der Waals surface area contributed by atoms with Gasteiger partial charge in [0.15, 0.2) is 5.78 Å². The van der Waals surface area contributed by atoms with Crippen LogP contribution in [0.2, 0.25) is 0 Å². The fourth-order valence-corrected chi connectivity index (χ4v) is 3.45. The zero-order valence-corrected chi connectivity index (χ0v) is 9.46. The molecule has 2 saturated carbocycles. The van der Waals surface area contributed by atoms with Gasteiger partial charge in [0.05, 0.1) is 5.56 Å². The number of hydrogen-bond donors (Lipinski definition) is 0. The zero-order valence-electron chi connectivity index (χ0n) is 9.46. The molecule has 90 valence electrons. The number of halogens is 2. The summed E-state index contributed by atoms with van der Waals surface area (Å²) in [5, 5.41) is 0. The molecule has 0 heterocycles. The van der Waals surface area contributed by atoms with Crippen molar-refractivity contribution < 1.29 is 13.6 Å². The number of carbonyl (C=O) groups is 1. The normalized spacial score (nSPS) is 30.8. The Morgan fingerprint density at radius 3 is 2.59 bits per heavy atom. The minimum atomic E-state index is -0.724. The van der Waals surface area contributed by atoms with Gasteiger partial charge in [-0.1, -0.05) is 6.42 Å². The van der Waals surface area contributed by atoms with Crippen molar-refractivity contribution in [2.75, 3.05) is 0 Å². The molecule has 2 bridgehead atoms. The molecule has 3 heteroatoms. The van der Waals surface area contributed by atoms with Crippen LogP contribution < -0.4 is 0 Å². The number of rotatable bonds is 2. The zero-order chi connectivity index (χ0) is 12.0. The molecule has 0 aromatic heterocycles. The van der Waals surface area contributed by atoms with Gasteiger partial charge in [-0.05, 0) is 43.2 Å². The number of hydrogen-bond acceptors (Lipinski definition) is 1. The van der Waals surface area contributed by atoms with E-state index in [1.165, 1.54) is 12.5 Å². The Morgan fingerprint density at radius 1 is 1.18 bits per heavy atom. The molecular formula is C14H14F2O. The third-order valence-corrected chi connectivity index (χ3v) is 4.27. The van der Waals surface area contributed by atoms with Crippen LogP contribution in [0.4, 0.5) is 8.78 Å². The van der Waals surface area contributed by atoms with Crippen molar-refractivity contribution in [3.63, 3.8) is 0 Å². The van der Waals surface area contributed by atoms with Gasteiger partial charge >= 0.3 is 0 Å². The second-order valence-electron chi connectivity index (χ2n) is 5.27. The third kappa shape index (κ3) is 1.78. The highest BCUT2D eigenvalue weighted by Crippen LogP contribution is 2.49. The maximum Gasteiger partial charge on any atom is 0.169 e. The minimum absolute atomic E-state index is 0.0336. The SMILES string of the molecule is O=C(c1ccc(F)cc1F)C1CC2CCC1C2. The summed E-state index contributed by atoms with van der Waals surface area (Å²) >= 11 is 0. The van der Waals surface area contributed by atoms with E-state index in [0.717, 1.165) is 31.4 Å². The lowest BCUT2D eigenvalue weighted by Crippen LogP contribution is -2.22. The highest BCUT2D eigenvalue weighted by atomic mass is 19.1. The largest absolute Gasteiger partial charge is 0.294 e. The fraction of sp³-hybridized carbons (Fsp3) is 0.500. The number of Topliss-reactive ketones (excluding diaryl/α,β-unsaturated/α-hetero) is 1. The van der Waals surface area contributed by atoms with Crippen LogP contribution in [-0.4, -0.2) is 5.78 Å². The maximum absolute atomic E-state index is 13.5. The summed E-state index contributed by atoms with van der Waals surface area (Å²) in [5.74, 6) is -0.442. The molecule has 1 aromatic carbocycles. The van der Waals surface area contributed by atoms with Gasteiger partial charge in [0.2, 0.25) is 0 Å². The van der Waals surface area contributed by atoms with Gasteiger partial charge in [-0.3, -0.25) is 4.79 Å².